The van der Waals surface area contributed by atoms with Gasteiger partial charge in [-0.2, -0.15) is 0 Å². The summed E-state index contributed by atoms with van der Waals surface area (Å²) in [7, 11) is 0. The van der Waals surface area contributed by atoms with Crippen molar-refractivity contribution in [2.75, 3.05) is 13.1 Å². The standard InChI is InChI=1S/C20H20FN5O/c21-15-5-3-4-13(10-15)18-19(16-6-1-2-8-23-16)26-17(25-18)12-24-20(27)14-7-9-22-11-14/h1-6,8,10,14,22H,7,9,11-12H2,(H,24,27)(H,25,26). The maximum Gasteiger partial charge on any atom is 0.224 e. The predicted octanol–water partition coefficient (Wildman–Crippen LogP) is 2.50. The second kappa shape index (κ2) is 7.67. The van der Waals surface area contributed by atoms with Crippen LogP contribution in [0.2, 0.25) is 0 Å². The number of H-pyrrole nitrogens is 1. The fraction of sp³-hybridized carbons (Fsp3) is 0.250. The van der Waals surface area contributed by atoms with Crippen molar-refractivity contribution >= 4 is 5.91 Å². The van der Waals surface area contributed by atoms with Crippen LogP contribution in [0.25, 0.3) is 22.6 Å². The van der Waals surface area contributed by atoms with Gasteiger partial charge in [0, 0.05) is 18.3 Å². The highest BCUT2D eigenvalue weighted by molar-refractivity contribution is 5.79. The van der Waals surface area contributed by atoms with E-state index < -0.39 is 0 Å². The number of benzene rings is 1. The zero-order valence-electron chi connectivity index (χ0n) is 14.7. The average Bonchev–Trinajstić information content (AvgIpc) is 3.37. The zero-order valence-corrected chi connectivity index (χ0v) is 14.7. The molecular weight excluding hydrogens is 345 g/mol. The number of halogens is 1. The van der Waals surface area contributed by atoms with E-state index in [2.05, 4.69) is 25.6 Å². The highest BCUT2D eigenvalue weighted by Crippen LogP contribution is 2.29. The van der Waals surface area contributed by atoms with Crippen molar-refractivity contribution in [2.24, 2.45) is 5.92 Å². The van der Waals surface area contributed by atoms with E-state index >= 15 is 0 Å². The third kappa shape index (κ3) is 3.88. The van der Waals surface area contributed by atoms with Gasteiger partial charge in [0.25, 0.3) is 0 Å². The fourth-order valence-corrected chi connectivity index (χ4v) is 3.24. The average molecular weight is 365 g/mol. The Morgan fingerprint density at radius 3 is 2.93 bits per heavy atom. The van der Waals surface area contributed by atoms with Crippen molar-refractivity contribution in [3.05, 3.63) is 60.3 Å². The molecule has 4 rings (SSSR count). The number of aromatic nitrogens is 3. The summed E-state index contributed by atoms with van der Waals surface area (Å²) < 4.78 is 13.7. The zero-order chi connectivity index (χ0) is 18.6. The number of aromatic amines is 1. The van der Waals surface area contributed by atoms with Gasteiger partial charge in [-0.25, -0.2) is 9.37 Å². The largest absolute Gasteiger partial charge is 0.349 e. The lowest BCUT2D eigenvalue weighted by Gasteiger charge is -2.08. The van der Waals surface area contributed by atoms with Gasteiger partial charge in [-0.1, -0.05) is 18.2 Å². The molecule has 1 saturated heterocycles. The normalized spacial score (nSPS) is 16.4. The van der Waals surface area contributed by atoms with Gasteiger partial charge >= 0.3 is 0 Å². The van der Waals surface area contributed by atoms with Gasteiger partial charge in [-0.05, 0) is 37.2 Å². The van der Waals surface area contributed by atoms with E-state index in [0.717, 1.165) is 13.0 Å². The minimum atomic E-state index is -0.328. The minimum absolute atomic E-state index is 0.00193. The van der Waals surface area contributed by atoms with Gasteiger partial charge in [0.05, 0.1) is 29.5 Å². The number of carbonyl (C=O) groups excluding carboxylic acids is 1. The van der Waals surface area contributed by atoms with Crippen LogP contribution in [0.15, 0.2) is 48.7 Å². The van der Waals surface area contributed by atoms with Crippen LogP contribution in [-0.2, 0) is 11.3 Å². The van der Waals surface area contributed by atoms with Gasteiger partial charge in [-0.3, -0.25) is 9.78 Å². The van der Waals surface area contributed by atoms with Crippen LogP contribution in [0.4, 0.5) is 4.39 Å². The summed E-state index contributed by atoms with van der Waals surface area (Å²) in [5.41, 5.74) is 2.68. The summed E-state index contributed by atoms with van der Waals surface area (Å²) in [6.07, 6.45) is 2.54. The molecule has 1 aliphatic rings. The number of hydrogen-bond acceptors (Lipinski definition) is 4. The lowest BCUT2D eigenvalue weighted by Crippen LogP contribution is -2.31. The smallest absolute Gasteiger partial charge is 0.224 e. The van der Waals surface area contributed by atoms with Gasteiger partial charge in [-0.15, -0.1) is 0 Å². The van der Waals surface area contributed by atoms with Gasteiger partial charge < -0.3 is 15.6 Å². The first-order valence-electron chi connectivity index (χ1n) is 8.95. The van der Waals surface area contributed by atoms with Gasteiger partial charge in [0.15, 0.2) is 0 Å². The van der Waals surface area contributed by atoms with Crippen LogP contribution < -0.4 is 10.6 Å². The molecule has 3 heterocycles. The molecule has 3 aromatic rings. The Morgan fingerprint density at radius 2 is 2.19 bits per heavy atom. The molecule has 138 valence electrons. The number of hydrogen-bond donors (Lipinski definition) is 3. The first kappa shape index (κ1) is 17.4. The highest BCUT2D eigenvalue weighted by atomic mass is 19.1. The number of amides is 1. The lowest BCUT2D eigenvalue weighted by molar-refractivity contribution is -0.124. The SMILES string of the molecule is O=C(NCc1nc(-c2cccc(F)c2)c(-c2ccccn2)[nH]1)C1CCNC1. The molecule has 27 heavy (non-hydrogen) atoms. The highest BCUT2D eigenvalue weighted by Gasteiger charge is 2.22. The molecule has 1 unspecified atom stereocenters. The Kier molecular flexibility index (Phi) is 4.93. The van der Waals surface area contributed by atoms with Crippen LogP contribution in [0.3, 0.4) is 0 Å². The van der Waals surface area contributed by atoms with Crippen LogP contribution >= 0.6 is 0 Å². The molecule has 3 N–H and O–H groups in total. The quantitative estimate of drug-likeness (QED) is 0.649. The minimum Gasteiger partial charge on any atom is -0.349 e. The molecule has 2 aromatic heterocycles. The van der Waals surface area contributed by atoms with E-state index in [-0.39, 0.29) is 24.2 Å². The summed E-state index contributed by atoms with van der Waals surface area (Å²) in [5, 5.41) is 6.11. The molecule has 7 heteroatoms. The van der Waals surface area contributed by atoms with Crippen molar-refractivity contribution in [3.63, 3.8) is 0 Å². The Morgan fingerprint density at radius 1 is 1.26 bits per heavy atom. The molecule has 0 radical (unpaired) electrons. The summed E-state index contributed by atoms with van der Waals surface area (Å²) >= 11 is 0. The molecule has 1 atom stereocenters. The first-order valence-corrected chi connectivity index (χ1v) is 8.95. The number of pyridine rings is 1. The van der Waals surface area contributed by atoms with E-state index in [9.17, 15) is 9.18 Å². The van der Waals surface area contributed by atoms with Crippen molar-refractivity contribution in [1.29, 1.82) is 0 Å². The summed E-state index contributed by atoms with van der Waals surface area (Å²) in [6, 6.07) is 11.9. The first-order chi connectivity index (χ1) is 13.2. The van der Waals surface area contributed by atoms with Crippen molar-refractivity contribution < 1.29 is 9.18 Å². The number of nitrogens with zero attached hydrogens (tertiary/aromatic N) is 2. The van der Waals surface area contributed by atoms with E-state index in [0.29, 0.717) is 35.0 Å². The molecule has 1 aromatic carbocycles. The molecule has 0 spiro atoms. The molecule has 0 aliphatic carbocycles. The third-order valence-electron chi connectivity index (χ3n) is 4.63. The molecule has 1 fully saturated rings. The van der Waals surface area contributed by atoms with E-state index in [4.69, 9.17) is 0 Å². The fourth-order valence-electron chi connectivity index (χ4n) is 3.24. The van der Waals surface area contributed by atoms with Gasteiger partial charge in [0.2, 0.25) is 5.91 Å². The number of carbonyl (C=O) groups is 1. The molecule has 1 aliphatic heterocycles. The summed E-state index contributed by atoms with van der Waals surface area (Å²) in [5.74, 6) is 0.293. The van der Waals surface area contributed by atoms with Crippen LogP contribution in [0.5, 0.6) is 0 Å². The predicted molar refractivity (Wildman–Crippen MR) is 100 cm³/mol. The molecule has 6 nitrogen and oxygen atoms in total. The van der Waals surface area contributed by atoms with Crippen molar-refractivity contribution in [1.82, 2.24) is 25.6 Å². The molecule has 1 amide bonds. The molecular formula is C20H20FN5O. The maximum absolute atomic E-state index is 13.7. The van der Waals surface area contributed by atoms with Crippen molar-refractivity contribution in [3.8, 4) is 22.6 Å². The molecule has 0 bridgehead atoms. The molecule has 0 saturated carbocycles. The maximum atomic E-state index is 13.7. The summed E-state index contributed by atoms with van der Waals surface area (Å²) in [6.45, 7) is 1.86. The Bertz CT molecular complexity index is 935. The number of rotatable bonds is 5. The van der Waals surface area contributed by atoms with E-state index in [1.54, 1.807) is 18.3 Å². The Labute approximate surface area is 156 Å². The monoisotopic (exact) mass is 365 g/mol. The van der Waals surface area contributed by atoms with Crippen LogP contribution in [0, 0.1) is 11.7 Å². The van der Waals surface area contributed by atoms with Crippen LogP contribution in [-0.4, -0.2) is 33.9 Å². The van der Waals surface area contributed by atoms with Gasteiger partial charge in [0.1, 0.15) is 11.6 Å². The second-order valence-electron chi connectivity index (χ2n) is 6.54. The third-order valence-corrected chi connectivity index (χ3v) is 4.63. The Balaban J connectivity index is 1.62. The number of nitrogens with one attached hydrogen (secondary N) is 3. The second-order valence-corrected chi connectivity index (χ2v) is 6.54. The summed E-state index contributed by atoms with van der Waals surface area (Å²) in [4.78, 5) is 24.4. The Hall–Kier alpha value is -3.06. The topological polar surface area (TPSA) is 82.7 Å². The van der Waals surface area contributed by atoms with Crippen LogP contribution in [0.1, 0.15) is 12.2 Å². The lowest BCUT2D eigenvalue weighted by atomic mass is 10.1. The van der Waals surface area contributed by atoms with E-state index in [1.807, 2.05) is 18.2 Å². The van der Waals surface area contributed by atoms with E-state index in [1.165, 1.54) is 12.1 Å². The number of imidazole rings is 1. The van der Waals surface area contributed by atoms with Crippen molar-refractivity contribution in [2.45, 2.75) is 13.0 Å².